The van der Waals surface area contributed by atoms with Crippen molar-refractivity contribution in [2.75, 3.05) is 11.1 Å². The van der Waals surface area contributed by atoms with Gasteiger partial charge < -0.3 is 15.2 Å². The zero-order valence-corrected chi connectivity index (χ0v) is 20.0. The number of anilines is 1. The number of carbonyl (C=O) groups is 2. The Morgan fingerprint density at radius 2 is 1.85 bits per heavy atom. The average molecular weight is 497 g/mol. The highest BCUT2D eigenvalue weighted by Crippen LogP contribution is 2.25. The first-order valence-electron chi connectivity index (χ1n) is 10.3. The summed E-state index contributed by atoms with van der Waals surface area (Å²) in [4.78, 5) is 29.2. The number of thiazole rings is 1. The van der Waals surface area contributed by atoms with Crippen molar-refractivity contribution in [3.8, 4) is 11.3 Å². The van der Waals surface area contributed by atoms with Crippen molar-refractivity contribution in [1.82, 2.24) is 25.1 Å². The summed E-state index contributed by atoms with van der Waals surface area (Å²) in [5, 5.41) is 16.7. The van der Waals surface area contributed by atoms with Gasteiger partial charge in [-0.2, -0.15) is 0 Å². The second kappa shape index (κ2) is 10.6. The van der Waals surface area contributed by atoms with E-state index in [0.717, 1.165) is 11.3 Å². The first-order chi connectivity index (χ1) is 16.4. The van der Waals surface area contributed by atoms with Crippen LogP contribution >= 0.6 is 23.1 Å². The van der Waals surface area contributed by atoms with Crippen molar-refractivity contribution < 1.29 is 14.0 Å². The quantitative estimate of drug-likeness (QED) is 0.353. The minimum absolute atomic E-state index is 0.0413. The summed E-state index contributed by atoms with van der Waals surface area (Å²) in [7, 11) is 1.74. The van der Waals surface area contributed by atoms with Crippen LogP contribution in [0.25, 0.3) is 11.3 Å². The topological polar surface area (TPSA) is 102 Å². The Labute approximate surface area is 203 Å². The van der Waals surface area contributed by atoms with Crippen molar-refractivity contribution in [2.45, 2.75) is 18.1 Å². The molecule has 4 rings (SSSR count). The zero-order chi connectivity index (χ0) is 24.1. The van der Waals surface area contributed by atoms with Gasteiger partial charge >= 0.3 is 0 Å². The molecule has 0 saturated heterocycles. The predicted molar refractivity (Wildman–Crippen MR) is 130 cm³/mol. The standard InChI is InChI=1S/C23H21FN6O2S2/c1-14(25-21(32)16-10-6-7-11-17(16)24)20-28-29-23(30(20)2)34-13-19(31)27-22-26-18(12-33-22)15-8-4-3-5-9-15/h3-12,14H,13H2,1-2H3,(H,25,32)(H,26,27,31). The van der Waals surface area contributed by atoms with Gasteiger partial charge in [-0.15, -0.1) is 21.5 Å². The Kier molecular flexibility index (Phi) is 7.33. The smallest absolute Gasteiger partial charge is 0.254 e. The highest BCUT2D eigenvalue weighted by Gasteiger charge is 2.20. The molecule has 8 nitrogen and oxygen atoms in total. The first kappa shape index (κ1) is 23.6. The summed E-state index contributed by atoms with van der Waals surface area (Å²) in [5.41, 5.74) is 1.75. The van der Waals surface area contributed by atoms with Gasteiger partial charge in [0.05, 0.1) is 23.1 Å². The van der Waals surface area contributed by atoms with Crippen LogP contribution in [-0.4, -0.2) is 37.3 Å². The van der Waals surface area contributed by atoms with E-state index >= 15 is 0 Å². The van der Waals surface area contributed by atoms with Crippen LogP contribution in [0.3, 0.4) is 0 Å². The number of halogens is 1. The molecule has 0 aliphatic heterocycles. The zero-order valence-electron chi connectivity index (χ0n) is 18.4. The maximum atomic E-state index is 13.9. The molecule has 11 heteroatoms. The molecular weight excluding hydrogens is 475 g/mol. The van der Waals surface area contributed by atoms with Crippen LogP contribution in [-0.2, 0) is 11.8 Å². The fraction of sp³-hybridized carbons (Fsp3) is 0.174. The van der Waals surface area contributed by atoms with E-state index in [1.807, 2.05) is 35.7 Å². The van der Waals surface area contributed by atoms with Gasteiger partial charge in [0, 0.05) is 18.0 Å². The summed E-state index contributed by atoms with van der Waals surface area (Å²) >= 11 is 2.57. The Morgan fingerprint density at radius 3 is 2.62 bits per heavy atom. The van der Waals surface area contributed by atoms with Crippen LogP contribution in [0.1, 0.15) is 29.1 Å². The van der Waals surface area contributed by atoms with Crippen LogP contribution < -0.4 is 10.6 Å². The van der Waals surface area contributed by atoms with Crippen molar-refractivity contribution >= 4 is 40.0 Å². The second-order valence-corrected chi connectivity index (χ2v) is 9.12. The maximum absolute atomic E-state index is 13.9. The highest BCUT2D eigenvalue weighted by molar-refractivity contribution is 7.99. The summed E-state index contributed by atoms with van der Waals surface area (Å²) < 4.78 is 15.6. The molecule has 0 spiro atoms. The molecule has 0 aliphatic rings. The van der Waals surface area contributed by atoms with E-state index in [0.29, 0.717) is 16.1 Å². The fourth-order valence-electron chi connectivity index (χ4n) is 3.17. The first-order valence-corrected chi connectivity index (χ1v) is 12.2. The van der Waals surface area contributed by atoms with Crippen LogP contribution in [0.5, 0.6) is 0 Å². The van der Waals surface area contributed by atoms with Gasteiger partial charge in [-0.3, -0.25) is 9.59 Å². The molecule has 2 aromatic carbocycles. The number of amides is 2. The van der Waals surface area contributed by atoms with Crippen molar-refractivity contribution in [3.05, 3.63) is 77.2 Å². The summed E-state index contributed by atoms with van der Waals surface area (Å²) in [6.45, 7) is 1.73. The molecule has 174 valence electrons. The average Bonchev–Trinajstić information content (AvgIpc) is 3.45. The van der Waals surface area contributed by atoms with Crippen LogP contribution in [0.2, 0.25) is 0 Å². The Hall–Kier alpha value is -3.57. The molecular formula is C23H21FN6O2S2. The molecule has 0 radical (unpaired) electrons. The molecule has 2 amide bonds. The molecule has 2 heterocycles. The van der Waals surface area contributed by atoms with E-state index < -0.39 is 17.8 Å². The van der Waals surface area contributed by atoms with E-state index in [1.165, 1.54) is 41.3 Å². The molecule has 2 N–H and O–H groups in total. The third-order valence-corrected chi connectivity index (χ3v) is 6.65. The van der Waals surface area contributed by atoms with Gasteiger partial charge in [0.25, 0.3) is 5.91 Å². The Balaban J connectivity index is 1.32. The van der Waals surface area contributed by atoms with Gasteiger partial charge in [0.1, 0.15) is 5.82 Å². The number of aromatic nitrogens is 4. The van der Waals surface area contributed by atoms with Crippen molar-refractivity contribution in [1.29, 1.82) is 0 Å². The minimum atomic E-state index is -0.594. The maximum Gasteiger partial charge on any atom is 0.254 e. The molecule has 2 aromatic heterocycles. The molecule has 34 heavy (non-hydrogen) atoms. The van der Waals surface area contributed by atoms with Crippen LogP contribution in [0.15, 0.2) is 65.1 Å². The SMILES string of the molecule is CC(NC(=O)c1ccccc1F)c1nnc(SCC(=O)Nc2nc(-c3ccccc3)cs2)n1C. The predicted octanol–water partition coefficient (Wildman–Crippen LogP) is 4.30. The van der Waals surface area contributed by atoms with E-state index in [2.05, 4.69) is 25.8 Å². The van der Waals surface area contributed by atoms with E-state index in [4.69, 9.17) is 0 Å². The van der Waals surface area contributed by atoms with E-state index in [-0.39, 0.29) is 17.2 Å². The summed E-state index contributed by atoms with van der Waals surface area (Å²) in [6, 6.07) is 15.0. The van der Waals surface area contributed by atoms with Crippen molar-refractivity contribution in [3.63, 3.8) is 0 Å². The van der Waals surface area contributed by atoms with Gasteiger partial charge in [-0.25, -0.2) is 9.37 Å². The van der Waals surface area contributed by atoms with Gasteiger partial charge in [0.2, 0.25) is 5.91 Å². The number of hydrogen-bond donors (Lipinski definition) is 2. The number of benzene rings is 2. The number of nitrogens with zero attached hydrogens (tertiary/aromatic N) is 4. The van der Waals surface area contributed by atoms with Gasteiger partial charge in [-0.05, 0) is 19.1 Å². The molecule has 1 atom stereocenters. The number of thioether (sulfide) groups is 1. The van der Waals surface area contributed by atoms with Crippen LogP contribution in [0, 0.1) is 5.82 Å². The monoisotopic (exact) mass is 496 g/mol. The number of rotatable bonds is 8. The fourth-order valence-corrected chi connectivity index (χ4v) is 4.63. The lowest BCUT2D eigenvalue weighted by Crippen LogP contribution is -2.29. The number of nitrogens with one attached hydrogen (secondary N) is 2. The van der Waals surface area contributed by atoms with Gasteiger partial charge in [0.15, 0.2) is 16.1 Å². The lowest BCUT2D eigenvalue weighted by Gasteiger charge is -2.14. The van der Waals surface area contributed by atoms with E-state index in [1.54, 1.807) is 24.6 Å². The second-order valence-electron chi connectivity index (χ2n) is 7.32. The Morgan fingerprint density at radius 1 is 1.12 bits per heavy atom. The largest absolute Gasteiger partial charge is 0.342 e. The normalized spacial score (nSPS) is 11.7. The number of carbonyl (C=O) groups excluding carboxylic acids is 2. The summed E-state index contributed by atoms with van der Waals surface area (Å²) in [6.07, 6.45) is 0. The molecule has 4 aromatic rings. The number of hydrogen-bond acceptors (Lipinski definition) is 7. The highest BCUT2D eigenvalue weighted by atomic mass is 32.2. The Bertz CT molecular complexity index is 1310. The van der Waals surface area contributed by atoms with E-state index in [9.17, 15) is 14.0 Å². The molecule has 0 aliphatic carbocycles. The van der Waals surface area contributed by atoms with Gasteiger partial charge in [-0.1, -0.05) is 54.2 Å². The molecule has 0 fully saturated rings. The lowest BCUT2D eigenvalue weighted by atomic mass is 10.2. The molecule has 0 bridgehead atoms. The molecule has 1 unspecified atom stereocenters. The summed E-state index contributed by atoms with van der Waals surface area (Å²) in [5.74, 6) is -0.754. The lowest BCUT2D eigenvalue weighted by molar-refractivity contribution is -0.113. The third-order valence-electron chi connectivity index (χ3n) is 4.87. The third kappa shape index (κ3) is 5.49. The molecule has 0 saturated carbocycles. The van der Waals surface area contributed by atoms with Crippen LogP contribution in [0.4, 0.5) is 9.52 Å². The van der Waals surface area contributed by atoms with Crippen molar-refractivity contribution in [2.24, 2.45) is 7.05 Å². The minimum Gasteiger partial charge on any atom is -0.342 e.